The van der Waals surface area contributed by atoms with E-state index in [2.05, 4.69) is 45.9 Å². The van der Waals surface area contributed by atoms with Gasteiger partial charge in [-0.15, -0.1) is 0 Å². The van der Waals surface area contributed by atoms with E-state index >= 15 is 0 Å². The van der Waals surface area contributed by atoms with E-state index in [4.69, 9.17) is 5.26 Å². The molecule has 3 atom stereocenters. The van der Waals surface area contributed by atoms with E-state index < -0.39 is 23.5 Å². The highest BCUT2D eigenvalue weighted by Crippen LogP contribution is 2.38. The lowest BCUT2D eigenvalue weighted by Crippen LogP contribution is -2.45. The smallest absolute Gasteiger partial charge is 0.228 e. The molecule has 5 rings (SSSR count). The molecule has 1 aromatic heterocycles. The second-order valence-corrected chi connectivity index (χ2v) is 10.9. The lowest BCUT2D eigenvalue weighted by atomic mass is 9.87. The number of hydrogen-bond acceptors (Lipinski definition) is 6. The summed E-state index contributed by atoms with van der Waals surface area (Å²) in [4.78, 5) is 22.3. The summed E-state index contributed by atoms with van der Waals surface area (Å²) in [7, 11) is 0. The Morgan fingerprint density at radius 1 is 1.05 bits per heavy atom. The quantitative estimate of drug-likeness (QED) is 0.399. The van der Waals surface area contributed by atoms with Gasteiger partial charge in [0.1, 0.15) is 23.5 Å². The molecule has 2 aliphatic rings. The molecule has 2 fully saturated rings. The monoisotopic (exact) mass is 547 g/mol. The Hall–Kier alpha value is -3.48. The van der Waals surface area contributed by atoms with Gasteiger partial charge in [-0.3, -0.25) is 4.79 Å². The predicted octanol–water partition coefficient (Wildman–Crippen LogP) is 5.40. The van der Waals surface area contributed by atoms with Crippen molar-refractivity contribution in [3.63, 3.8) is 0 Å². The van der Waals surface area contributed by atoms with Crippen molar-refractivity contribution >= 4 is 23.7 Å². The number of pyridine rings is 1. The van der Waals surface area contributed by atoms with Crippen LogP contribution in [0.3, 0.4) is 0 Å². The van der Waals surface area contributed by atoms with Gasteiger partial charge in [0.15, 0.2) is 0 Å². The molecule has 1 amide bonds. The fourth-order valence-corrected chi connectivity index (χ4v) is 6.53. The van der Waals surface area contributed by atoms with Crippen molar-refractivity contribution in [2.24, 2.45) is 5.92 Å². The number of hydrogen-bond donors (Lipinski definition) is 0. The van der Waals surface area contributed by atoms with Crippen LogP contribution in [-0.4, -0.2) is 59.1 Å². The van der Waals surface area contributed by atoms with Gasteiger partial charge in [-0.25, -0.2) is 18.1 Å². The van der Waals surface area contributed by atoms with Crippen molar-refractivity contribution in [1.82, 2.24) is 14.2 Å². The molecule has 2 aliphatic heterocycles. The minimum absolute atomic E-state index is 0.0147. The third-order valence-corrected chi connectivity index (χ3v) is 8.68. The molecular weight excluding hydrogens is 516 g/mol. The molecule has 0 N–H and O–H groups in total. The topological polar surface area (TPSA) is 63.5 Å². The fraction of sp³-hybridized carbons (Fsp3) is 0.367. The second kappa shape index (κ2) is 12.1. The molecule has 0 aliphatic carbocycles. The number of carbonyl (C=O) groups excluding carboxylic acids is 1. The minimum Gasteiger partial charge on any atom is -0.355 e. The number of carbonyl (C=O) groups is 1. The summed E-state index contributed by atoms with van der Waals surface area (Å²) in [5.41, 5.74) is 2.06. The van der Waals surface area contributed by atoms with Gasteiger partial charge in [-0.1, -0.05) is 48.3 Å². The number of nitriles is 1. The van der Waals surface area contributed by atoms with Gasteiger partial charge in [0.25, 0.3) is 0 Å². The largest absolute Gasteiger partial charge is 0.355 e. The van der Waals surface area contributed by atoms with Crippen LogP contribution in [0.5, 0.6) is 0 Å². The molecule has 2 saturated heterocycles. The molecular formula is C30H31F2N5OS. The highest BCUT2D eigenvalue weighted by atomic mass is 32.2. The third kappa shape index (κ3) is 5.92. The molecule has 2 aromatic carbocycles. The molecule has 202 valence electrons. The Labute approximate surface area is 232 Å². The minimum atomic E-state index is -0.642. The van der Waals surface area contributed by atoms with Crippen molar-refractivity contribution in [2.45, 2.75) is 24.8 Å². The molecule has 9 heteroatoms. The average Bonchev–Trinajstić information content (AvgIpc) is 3.38. The summed E-state index contributed by atoms with van der Waals surface area (Å²) >= 11 is 1.69. The number of aromatic nitrogens is 1. The molecule has 0 bridgehead atoms. The summed E-state index contributed by atoms with van der Waals surface area (Å²) in [5.74, 6) is -1.62. The highest BCUT2D eigenvalue weighted by Gasteiger charge is 2.42. The Morgan fingerprint density at radius 2 is 1.87 bits per heavy atom. The second-order valence-electron chi connectivity index (χ2n) is 10.0. The van der Waals surface area contributed by atoms with Gasteiger partial charge in [0.05, 0.1) is 11.5 Å². The van der Waals surface area contributed by atoms with Crippen molar-refractivity contribution in [3.05, 3.63) is 95.2 Å². The first kappa shape index (κ1) is 27.1. The molecule has 0 saturated carbocycles. The molecule has 0 radical (unpaired) electrons. The van der Waals surface area contributed by atoms with Gasteiger partial charge in [0, 0.05) is 56.9 Å². The van der Waals surface area contributed by atoms with E-state index in [9.17, 15) is 13.6 Å². The SMILES string of the molecule is CSN1CCN(C(=O)C2CN(c3ccc(C#N)cn3)C[C@H]2c2ccc(F)cc2F)CCCC1c1ccccc1. The van der Waals surface area contributed by atoms with Gasteiger partial charge < -0.3 is 9.80 Å². The number of rotatable bonds is 5. The van der Waals surface area contributed by atoms with E-state index in [-0.39, 0.29) is 11.9 Å². The maximum atomic E-state index is 15.0. The number of nitrogens with zero attached hydrogens (tertiary/aromatic N) is 5. The maximum Gasteiger partial charge on any atom is 0.228 e. The van der Waals surface area contributed by atoms with E-state index in [1.165, 1.54) is 23.9 Å². The number of benzene rings is 2. The first-order valence-corrected chi connectivity index (χ1v) is 14.4. The van der Waals surface area contributed by atoms with Gasteiger partial charge in [0.2, 0.25) is 5.91 Å². The van der Waals surface area contributed by atoms with E-state index in [0.717, 1.165) is 25.5 Å². The standard InChI is InChI=1S/C30H31F2N5OS/c1-39-37-15-14-35(13-5-8-28(37)22-6-3-2-4-7-22)30(38)26-20-36(29-12-9-21(17-33)18-34-29)19-25(26)24-11-10-23(31)16-27(24)32/h2-4,6-7,9-12,16,18,25-26,28H,5,8,13-15,19-20H2,1H3/t25-,26?,28?/m0/s1. The molecule has 39 heavy (non-hydrogen) atoms. The molecule has 3 aromatic rings. The van der Waals surface area contributed by atoms with Gasteiger partial charge in [-0.05, 0) is 48.4 Å². The summed E-state index contributed by atoms with van der Waals surface area (Å²) in [5, 5.41) is 9.13. The molecule has 0 spiro atoms. The first-order chi connectivity index (χ1) is 19.0. The maximum absolute atomic E-state index is 15.0. The van der Waals surface area contributed by atoms with E-state index in [1.54, 1.807) is 24.1 Å². The van der Waals surface area contributed by atoms with Crippen molar-refractivity contribution in [3.8, 4) is 6.07 Å². The van der Waals surface area contributed by atoms with Crippen LogP contribution in [0.4, 0.5) is 14.6 Å². The zero-order valence-corrected chi connectivity index (χ0v) is 22.7. The molecule has 2 unspecified atom stereocenters. The van der Waals surface area contributed by atoms with Gasteiger partial charge in [-0.2, -0.15) is 5.26 Å². The third-order valence-electron chi connectivity index (χ3n) is 7.77. The van der Waals surface area contributed by atoms with Crippen LogP contribution in [0, 0.1) is 28.9 Å². The highest BCUT2D eigenvalue weighted by molar-refractivity contribution is 7.96. The van der Waals surface area contributed by atoms with Crippen molar-refractivity contribution < 1.29 is 13.6 Å². The molecule has 6 nitrogen and oxygen atoms in total. The zero-order chi connectivity index (χ0) is 27.4. The van der Waals surface area contributed by atoms with Crippen molar-refractivity contribution in [2.75, 3.05) is 43.9 Å². The number of anilines is 1. The first-order valence-electron chi connectivity index (χ1n) is 13.2. The summed E-state index contributed by atoms with van der Waals surface area (Å²) in [6, 6.07) is 19.8. The van der Waals surface area contributed by atoms with E-state index in [1.807, 2.05) is 15.9 Å². The lowest BCUT2D eigenvalue weighted by molar-refractivity contribution is -0.135. The fourth-order valence-electron chi connectivity index (χ4n) is 5.79. The number of halogens is 2. The number of amides is 1. The van der Waals surface area contributed by atoms with Crippen LogP contribution in [0.1, 0.15) is 41.5 Å². The van der Waals surface area contributed by atoms with Crippen LogP contribution in [0.15, 0.2) is 66.9 Å². The van der Waals surface area contributed by atoms with Crippen LogP contribution < -0.4 is 4.90 Å². The Morgan fingerprint density at radius 3 is 2.56 bits per heavy atom. The Balaban J connectivity index is 1.38. The Kier molecular flexibility index (Phi) is 8.44. The van der Waals surface area contributed by atoms with Crippen LogP contribution in [0.25, 0.3) is 0 Å². The van der Waals surface area contributed by atoms with Crippen LogP contribution in [0.2, 0.25) is 0 Å². The normalized spacial score (nSPS) is 22.3. The van der Waals surface area contributed by atoms with Crippen molar-refractivity contribution in [1.29, 1.82) is 5.26 Å². The zero-order valence-electron chi connectivity index (χ0n) is 21.8. The summed E-state index contributed by atoms with van der Waals surface area (Å²) in [6.07, 6.45) is 5.34. The lowest BCUT2D eigenvalue weighted by Gasteiger charge is -2.37. The van der Waals surface area contributed by atoms with Gasteiger partial charge >= 0.3 is 0 Å². The van der Waals surface area contributed by atoms with Crippen LogP contribution in [-0.2, 0) is 4.79 Å². The summed E-state index contributed by atoms with van der Waals surface area (Å²) in [6.45, 7) is 2.67. The van der Waals surface area contributed by atoms with Crippen LogP contribution >= 0.6 is 11.9 Å². The summed E-state index contributed by atoms with van der Waals surface area (Å²) < 4.78 is 31.1. The van der Waals surface area contributed by atoms with E-state index in [0.29, 0.717) is 43.1 Å². The Bertz CT molecular complexity index is 1330. The predicted molar refractivity (Wildman–Crippen MR) is 149 cm³/mol. The average molecular weight is 548 g/mol. The molecule has 3 heterocycles.